The lowest BCUT2D eigenvalue weighted by atomic mass is 10.3. The number of carboxylic acid groups (broad SMARTS) is 1. The Bertz CT molecular complexity index is 344. The highest BCUT2D eigenvalue weighted by Gasteiger charge is 2.11. The average Bonchev–Trinajstić information content (AvgIpc) is 2.30. The van der Waals surface area contributed by atoms with Gasteiger partial charge in [-0.25, -0.2) is 9.78 Å². The molecule has 1 saturated heterocycles. The summed E-state index contributed by atoms with van der Waals surface area (Å²) >= 11 is 0. The van der Waals surface area contributed by atoms with Gasteiger partial charge in [0, 0.05) is 26.2 Å². The molecule has 1 aromatic rings. The molecule has 0 spiro atoms. The van der Waals surface area contributed by atoms with Gasteiger partial charge in [-0.15, -0.1) is 0 Å². The molecule has 0 aliphatic carbocycles. The quantitative estimate of drug-likeness (QED) is 0.724. The number of carbonyl (C=O) groups is 1. The third kappa shape index (κ3) is 2.24. The molecule has 1 aromatic heterocycles. The largest absolute Gasteiger partial charge is 0.477 e. The molecule has 1 fully saturated rings. The summed E-state index contributed by atoms with van der Waals surface area (Å²) in [6.45, 7) is 3.80. The lowest BCUT2D eigenvalue weighted by Gasteiger charge is -2.29. The summed E-state index contributed by atoms with van der Waals surface area (Å²) in [5, 5.41) is 12.0. The molecule has 80 valence electrons. The van der Waals surface area contributed by atoms with Crippen molar-refractivity contribution >= 4 is 11.7 Å². The van der Waals surface area contributed by atoms with E-state index >= 15 is 0 Å². The summed E-state index contributed by atoms with van der Waals surface area (Å²) in [4.78, 5) is 16.7. The van der Waals surface area contributed by atoms with Crippen LogP contribution in [0.3, 0.4) is 0 Å². The second-order valence-corrected chi connectivity index (χ2v) is 3.44. The van der Waals surface area contributed by atoms with Crippen molar-refractivity contribution in [3.63, 3.8) is 0 Å². The van der Waals surface area contributed by atoms with E-state index in [1.165, 1.54) is 0 Å². The maximum atomic E-state index is 10.6. The molecule has 0 saturated carbocycles. The first-order valence-electron chi connectivity index (χ1n) is 4.92. The van der Waals surface area contributed by atoms with Crippen LogP contribution in [0.2, 0.25) is 0 Å². The van der Waals surface area contributed by atoms with Crippen LogP contribution in [0, 0.1) is 0 Å². The van der Waals surface area contributed by atoms with Gasteiger partial charge in [-0.1, -0.05) is 0 Å². The minimum absolute atomic E-state index is 0.0916. The number of hydrogen-bond acceptors (Lipinski definition) is 4. The van der Waals surface area contributed by atoms with Gasteiger partial charge in [0.25, 0.3) is 0 Å². The van der Waals surface area contributed by atoms with E-state index in [9.17, 15) is 4.79 Å². The zero-order chi connectivity index (χ0) is 10.7. The Morgan fingerprint density at radius 3 is 2.67 bits per heavy atom. The Morgan fingerprint density at radius 1 is 1.40 bits per heavy atom. The molecule has 2 rings (SSSR count). The van der Waals surface area contributed by atoms with Gasteiger partial charge in [0.15, 0.2) is 0 Å². The number of aromatic carboxylic acids is 1. The number of anilines is 1. The molecule has 2 N–H and O–H groups in total. The summed E-state index contributed by atoms with van der Waals surface area (Å²) in [6.07, 6.45) is 1.62. The van der Waals surface area contributed by atoms with Gasteiger partial charge in [0.2, 0.25) is 0 Å². The standard InChI is InChI=1S/C10H13N3O2/c14-10(15)9-2-1-8(7-12-9)13-5-3-11-4-6-13/h1-2,7,11H,3-6H2,(H,14,15). The molecule has 0 aromatic carbocycles. The first kappa shape index (κ1) is 9.92. The van der Waals surface area contributed by atoms with Gasteiger partial charge in [-0.2, -0.15) is 0 Å². The second-order valence-electron chi connectivity index (χ2n) is 3.44. The number of hydrogen-bond donors (Lipinski definition) is 2. The Hall–Kier alpha value is -1.62. The fourth-order valence-corrected chi connectivity index (χ4v) is 1.62. The van der Waals surface area contributed by atoms with E-state index in [0.717, 1.165) is 31.9 Å². The predicted molar refractivity (Wildman–Crippen MR) is 56.3 cm³/mol. The molecule has 15 heavy (non-hydrogen) atoms. The lowest BCUT2D eigenvalue weighted by molar-refractivity contribution is 0.0690. The minimum atomic E-state index is -0.984. The fourth-order valence-electron chi connectivity index (χ4n) is 1.62. The molecular weight excluding hydrogens is 194 g/mol. The van der Waals surface area contributed by atoms with Crippen LogP contribution >= 0.6 is 0 Å². The van der Waals surface area contributed by atoms with Gasteiger partial charge >= 0.3 is 5.97 Å². The van der Waals surface area contributed by atoms with Crippen molar-refractivity contribution in [2.75, 3.05) is 31.1 Å². The average molecular weight is 207 g/mol. The number of nitrogens with one attached hydrogen (secondary N) is 1. The van der Waals surface area contributed by atoms with Crippen molar-refractivity contribution < 1.29 is 9.90 Å². The Kier molecular flexibility index (Phi) is 2.82. The molecule has 2 heterocycles. The summed E-state index contributed by atoms with van der Waals surface area (Å²) in [6, 6.07) is 3.35. The zero-order valence-electron chi connectivity index (χ0n) is 8.31. The normalized spacial score (nSPS) is 16.4. The molecule has 0 unspecified atom stereocenters. The second kappa shape index (κ2) is 4.27. The van der Waals surface area contributed by atoms with Crippen LogP contribution in [0.15, 0.2) is 18.3 Å². The van der Waals surface area contributed by atoms with Crippen molar-refractivity contribution in [3.8, 4) is 0 Å². The van der Waals surface area contributed by atoms with Crippen molar-refractivity contribution in [1.29, 1.82) is 0 Å². The number of piperazine rings is 1. The maximum Gasteiger partial charge on any atom is 0.354 e. The maximum absolute atomic E-state index is 10.6. The molecular formula is C10H13N3O2. The fraction of sp³-hybridized carbons (Fsp3) is 0.400. The Morgan fingerprint density at radius 2 is 2.13 bits per heavy atom. The van der Waals surface area contributed by atoms with Crippen molar-refractivity contribution in [2.45, 2.75) is 0 Å². The molecule has 0 amide bonds. The van der Waals surface area contributed by atoms with Crippen LogP contribution in [0.1, 0.15) is 10.5 Å². The van der Waals surface area contributed by atoms with Crippen molar-refractivity contribution in [2.24, 2.45) is 0 Å². The molecule has 0 atom stereocenters. The molecule has 1 aliphatic heterocycles. The van der Waals surface area contributed by atoms with Crippen LogP contribution < -0.4 is 10.2 Å². The number of aromatic nitrogens is 1. The summed E-state index contributed by atoms with van der Waals surface area (Å²) in [5.41, 5.74) is 1.08. The van der Waals surface area contributed by atoms with E-state index in [1.54, 1.807) is 12.3 Å². The van der Waals surface area contributed by atoms with Gasteiger partial charge in [-0.3, -0.25) is 0 Å². The van der Waals surface area contributed by atoms with Crippen LogP contribution in [-0.4, -0.2) is 42.2 Å². The lowest BCUT2D eigenvalue weighted by Crippen LogP contribution is -2.43. The number of pyridine rings is 1. The first-order valence-corrected chi connectivity index (χ1v) is 4.92. The highest BCUT2D eigenvalue weighted by Crippen LogP contribution is 2.13. The zero-order valence-corrected chi connectivity index (χ0v) is 8.31. The van der Waals surface area contributed by atoms with E-state index < -0.39 is 5.97 Å². The monoisotopic (exact) mass is 207 g/mol. The first-order chi connectivity index (χ1) is 7.27. The van der Waals surface area contributed by atoms with Crippen LogP contribution in [0.5, 0.6) is 0 Å². The highest BCUT2D eigenvalue weighted by molar-refractivity contribution is 5.85. The van der Waals surface area contributed by atoms with E-state index in [0.29, 0.717) is 0 Å². The van der Waals surface area contributed by atoms with Crippen molar-refractivity contribution in [1.82, 2.24) is 10.3 Å². The summed E-state index contributed by atoms with van der Waals surface area (Å²) < 4.78 is 0. The third-order valence-corrected chi connectivity index (χ3v) is 2.45. The van der Waals surface area contributed by atoms with Gasteiger partial charge in [-0.05, 0) is 12.1 Å². The highest BCUT2D eigenvalue weighted by atomic mass is 16.4. The van der Waals surface area contributed by atoms with Gasteiger partial charge < -0.3 is 15.3 Å². The van der Waals surface area contributed by atoms with Crippen LogP contribution in [0.25, 0.3) is 0 Å². The smallest absolute Gasteiger partial charge is 0.354 e. The van der Waals surface area contributed by atoms with Gasteiger partial charge in [0.1, 0.15) is 5.69 Å². The molecule has 1 aliphatic rings. The molecule has 0 bridgehead atoms. The number of nitrogens with zero attached hydrogens (tertiary/aromatic N) is 2. The number of carboxylic acids is 1. The van der Waals surface area contributed by atoms with Crippen LogP contribution in [-0.2, 0) is 0 Å². The Labute approximate surface area is 87.7 Å². The predicted octanol–water partition coefficient (Wildman–Crippen LogP) is 0.189. The summed E-state index contributed by atoms with van der Waals surface area (Å²) in [5.74, 6) is -0.984. The van der Waals surface area contributed by atoms with E-state index in [1.807, 2.05) is 6.07 Å². The van der Waals surface area contributed by atoms with E-state index in [2.05, 4.69) is 15.2 Å². The van der Waals surface area contributed by atoms with Gasteiger partial charge in [0.05, 0.1) is 11.9 Å². The summed E-state index contributed by atoms with van der Waals surface area (Å²) in [7, 11) is 0. The molecule has 5 nitrogen and oxygen atoms in total. The third-order valence-electron chi connectivity index (χ3n) is 2.45. The van der Waals surface area contributed by atoms with Crippen molar-refractivity contribution in [3.05, 3.63) is 24.0 Å². The van der Waals surface area contributed by atoms with E-state index in [4.69, 9.17) is 5.11 Å². The molecule has 0 radical (unpaired) electrons. The number of rotatable bonds is 2. The Balaban J connectivity index is 2.11. The van der Waals surface area contributed by atoms with E-state index in [-0.39, 0.29) is 5.69 Å². The van der Waals surface area contributed by atoms with Crippen LogP contribution in [0.4, 0.5) is 5.69 Å². The topological polar surface area (TPSA) is 65.5 Å². The molecule has 5 heteroatoms. The minimum Gasteiger partial charge on any atom is -0.477 e. The SMILES string of the molecule is O=C(O)c1ccc(N2CCNCC2)cn1.